The lowest BCUT2D eigenvalue weighted by Gasteiger charge is -2.13. The van der Waals surface area contributed by atoms with Crippen molar-refractivity contribution >= 4 is 82.4 Å². The molecule has 0 fully saturated rings. The Morgan fingerprint density at radius 1 is 0.481 bits per heavy atom. The number of rotatable bonds is 8. The summed E-state index contributed by atoms with van der Waals surface area (Å²) >= 11 is 0. The van der Waals surface area contributed by atoms with Gasteiger partial charge in [-0.05, 0) is 71.4 Å². The molecule has 4 amide bonds. The number of benzene rings is 6. The van der Waals surface area contributed by atoms with Gasteiger partial charge in [-0.25, -0.2) is 4.79 Å². The van der Waals surface area contributed by atoms with Gasteiger partial charge in [0.25, 0.3) is 32.1 Å². The molecule has 0 saturated carbocycles. The van der Waals surface area contributed by atoms with Crippen molar-refractivity contribution in [1.82, 2.24) is 0 Å². The first-order valence-corrected chi connectivity index (χ1v) is 17.8. The third kappa shape index (κ3) is 7.32. The minimum Gasteiger partial charge on any atom is -0.505 e. The number of hydrogen-bond acceptors (Lipinski definition) is 9. The first-order chi connectivity index (χ1) is 24.6. The van der Waals surface area contributed by atoms with Crippen molar-refractivity contribution in [2.75, 3.05) is 21.3 Å². The maximum Gasteiger partial charge on any atom is 0.323 e. The predicted molar refractivity (Wildman–Crippen MR) is 192 cm³/mol. The molecule has 0 heterocycles. The summed E-state index contributed by atoms with van der Waals surface area (Å²) in [6.07, 6.45) is 0. The molecule has 8 N–H and O–H groups in total. The molecule has 0 atom stereocenters. The van der Waals surface area contributed by atoms with E-state index in [2.05, 4.69) is 21.3 Å². The van der Waals surface area contributed by atoms with Crippen molar-refractivity contribution in [3.63, 3.8) is 0 Å². The lowest BCUT2D eigenvalue weighted by atomic mass is 10.1. The van der Waals surface area contributed by atoms with Crippen LogP contribution in [0.25, 0.3) is 21.5 Å². The number of carbonyl (C=O) groups excluding carboxylic acids is 3. The molecule has 6 aromatic carbocycles. The zero-order chi connectivity index (χ0) is 37.4. The number of phenols is 2. The molecule has 264 valence electrons. The summed E-state index contributed by atoms with van der Waals surface area (Å²) in [6.45, 7) is 0. The van der Waals surface area contributed by atoms with Crippen LogP contribution in [0.4, 0.5) is 27.5 Å². The molecule has 0 spiro atoms. The monoisotopic (exact) mass is 742 g/mol. The Morgan fingerprint density at radius 3 is 1.25 bits per heavy atom. The molecule has 52 heavy (non-hydrogen) atoms. The highest BCUT2D eigenvalue weighted by Crippen LogP contribution is 2.38. The van der Waals surface area contributed by atoms with Crippen molar-refractivity contribution in [2.24, 2.45) is 0 Å². The normalized spacial score (nSPS) is 11.6. The molecule has 0 aromatic heterocycles. The van der Waals surface area contributed by atoms with Gasteiger partial charge < -0.3 is 31.5 Å². The number of amides is 4. The molecular formula is C35H26N4O11S2. The van der Waals surface area contributed by atoms with Crippen molar-refractivity contribution in [3.8, 4) is 11.5 Å². The van der Waals surface area contributed by atoms with Crippen LogP contribution in [0, 0.1) is 0 Å². The van der Waals surface area contributed by atoms with Crippen LogP contribution in [0.2, 0.25) is 0 Å². The highest BCUT2D eigenvalue weighted by atomic mass is 32.2. The summed E-state index contributed by atoms with van der Waals surface area (Å²) in [5.41, 5.74) is 0.219. The molecule has 0 saturated heterocycles. The van der Waals surface area contributed by atoms with E-state index in [1.54, 1.807) is 0 Å². The van der Waals surface area contributed by atoms with Gasteiger partial charge in [-0.3, -0.25) is 18.7 Å². The summed E-state index contributed by atoms with van der Waals surface area (Å²) < 4.78 is 66.6. The van der Waals surface area contributed by atoms with Gasteiger partial charge in [-0.2, -0.15) is 16.8 Å². The molecule has 0 radical (unpaired) electrons. The second kappa shape index (κ2) is 13.6. The lowest BCUT2D eigenvalue weighted by Crippen LogP contribution is -2.20. The van der Waals surface area contributed by atoms with Crippen LogP contribution in [-0.4, -0.2) is 54.0 Å². The van der Waals surface area contributed by atoms with Crippen LogP contribution in [0.15, 0.2) is 119 Å². The third-order valence-corrected chi connectivity index (χ3v) is 9.57. The largest absolute Gasteiger partial charge is 0.505 e. The minimum absolute atomic E-state index is 0.0553. The van der Waals surface area contributed by atoms with Crippen molar-refractivity contribution < 1.29 is 50.5 Å². The minimum atomic E-state index is -4.69. The summed E-state index contributed by atoms with van der Waals surface area (Å²) in [5.74, 6) is -2.59. The number of urea groups is 1. The van der Waals surface area contributed by atoms with Crippen LogP contribution < -0.4 is 21.3 Å². The molecular weight excluding hydrogens is 717 g/mol. The average Bonchev–Trinajstić information content (AvgIpc) is 3.09. The Kier molecular flexibility index (Phi) is 9.26. The molecule has 6 aromatic rings. The van der Waals surface area contributed by atoms with Gasteiger partial charge in [0.05, 0.1) is 11.4 Å². The molecule has 0 bridgehead atoms. The van der Waals surface area contributed by atoms with Gasteiger partial charge in [-0.1, -0.05) is 48.5 Å². The van der Waals surface area contributed by atoms with Gasteiger partial charge in [0, 0.05) is 33.3 Å². The number of phenolic OH excluding ortho intramolecular Hbond substituents is 2. The number of anilines is 4. The van der Waals surface area contributed by atoms with E-state index < -0.39 is 59.4 Å². The van der Waals surface area contributed by atoms with Gasteiger partial charge in [0.2, 0.25) is 0 Å². The van der Waals surface area contributed by atoms with E-state index in [0.717, 1.165) is 12.1 Å². The third-order valence-electron chi connectivity index (χ3n) is 7.78. The van der Waals surface area contributed by atoms with Gasteiger partial charge >= 0.3 is 6.03 Å². The summed E-state index contributed by atoms with van der Waals surface area (Å²) in [4.78, 5) is 37.9. The number of carbonyl (C=O) groups is 3. The molecule has 0 unspecified atom stereocenters. The maximum absolute atomic E-state index is 13.1. The van der Waals surface area contributed by atoms with Crippen molar-refractivity contribution in [1.29, 1.82) is 0 Å². The quantitative estimate of drug-likeness (QED) is 0.0659. The lowest BCUT2D eigenvalue weighted by molar-refractivity contribution is 0.101. The van der Waals surface area contributed by atoms with E-state index >= 15 is 0 Å². The zero-order valence-electron chi connectivity index (χ0n) is 26.4. The Balaban J connectivity index is 1.14. The topological polar surface area (TPSA) is 249 Å². The van der Waals surface area contributed by atoms with Crippen LogP contribution >= 0.6 is 0 Å². The highest BCUT2D eigenvalue weighted by molar-refractivity contribution is 7.86. The average molecular weight is 743 g/mol. The number of hydrogen-bond donors (Lipinski definition) is 8. The molecule has 17 heteroatoms. The SMILES string of the molecule is O=C(Nc1cccc(C(=O)Nc2ccc3cccc(S(=O)(=O)O)c3c2O)c1)Nc1cccc(C(=O)Nc2ccc3cccc(S(=O)(=O)O)c3c2O)c1. The maximum atomic E-state index is 13.1. The van der Waals surface area contributed by atoms with Gasteiger partial charge in [-0.15, -0.1) is 0 Å². The first-order valence-electron chi connectivity index (χ1n) is 15.0. The van der Waals surface area contributed by atoms with E-state index in [4.69, 9.17) is 0 Å². The Hall–Kier alpha value is -6.53. The Labute approximate surface area is 295 Å². The highest BCUT2D eigenvalue weighted by Gasteiger charge is 2.21. The summed E-state index contributed by atoms with van der Waals surface area (Å²) in [5, 5.41) is 31.9. The molecule has 15 nitrogen and oxygen atoms in total. The van der Waals surface area contributed by atoms with Crippen LogP contribution in [0.3, 0.4) is 0 Å². The number of nitrogens with one attached hydrogen (secondary N) is 4. The van der Waals surface area contributed by atoms with Crippen LogP contribution in [0.5, 0.6) is 11.5 Å². The van der Waals surface area contributed by atoms with Crippen LogP contribution in [-0.2, 0) is 20.2 Å². The van der Waals surface area contributed by atoms with E-state index in [0.29, 0.717) is 10.8 Å². The van der Waals surface area contributed by atoms with Crippen molar-refractivity contribution in [3.05, 3.63) is 120 Å². The molecule has 0 aliphatic carbocycles. The number of aromatic hydroxyl groups is 2. The summed E-state index contributed by atoms with van der Waals surface area (Å²) in [6, 6.07) is 24.4. The Morgan fingerprint density at radius 2 is 0.865 bits per heavy atom. The predicted octanol–water partition coefficient (Wildman–Crippen LogP) is 6.05. The number of fused-ring (bicyclic) bond motifs is 2. The second-order valence-corrected chi connectivity index (χ2v) is 14.0. The smallest absolute Gasteiger partial charge is 0.323 e. The fraction of sp³-hybridized carbons (Fsp3) is 0. The molecule has 0 aliphatic rings. The Bertz CT molecular complexity index is 2500. The first kappa shape index (κ1) is 35.3. The van der Waals surface area contributed by atoms with E-state index in [1.807, 2.05) is 0 Å². The summed E-state index contributed by atoms with van der Waals surface area (Å²) in [7, 11) is -9.39. The zero-order valence-corrected chi connectivity index (χ0v) is 28.0. The van der Waals surface area contributed by atoms with E-state index in [9.17, 15) is 50.5 Å². The van der Waals surface area contributed by atoms with Gasteiger partial charge in [0.15, 0.2) is 0 Å². The van der Waals surface area contributed by atoms with Crippen molar-refractivity contribution in [2.45, 2.75) is 9.79 Å². The van der Waals surface area contributed by atoms with Gasteiger partial charge in [0.1, 0.15) is 21.3 Å². The van der Waals surface area contributed by atoms with Crippen LogP contribution in [0.1, 0.15) is 20.7 Å². The second-order valence-electron chi connectivity index (χ2n) is 11.2. The molecule has 0 aliphatic heterocycles. The fourth-order valence-corrected chi connectivity index (χ4v) is 6.89. The standard InChI is InChI=1S/C35H26N4O11S2/c40-31-25(15-13-19-5-3-11-27(29(19)31)51(45,46)47)38-33(42)21-7-1-9-23(17-21)36-35(44)37-24-10-2-8-22(18-24)34(43)39-26-16-14-20-6-4-12-28(52(48,49)50)30(20)32(26)41/h1-18,40-41H,(H,38,42)(H,39,43)(H2,36,37,44)(H,45,46,47)(H,48,49,50). The fourth-order valence-electron chi connectivity index (χ4n) is 5.44. The van der Waals surface area contributed by atoms with E-state index in [-0.39, 0.29) is 44.6 Å². The van der Waals surface area contributed by atoms with E-state index in [1.165, 1.54) is 97.1 Å². The molecule has 6 rings (SSSR count).